The van der Waals surface area contributed by atoms with Gasteiger partial charge in [-0.3, -0.25) is 9.36 Å². The molecule has 0 bridgehead atoms. The molecule has 1 aliphatic heterocycles. The maximum absolute atomic E-state index is 13.1. The van der Waals surface area contributed by atoms with E-state index in [-0.39, 0.29) is 24.8 Å². The number of hydrogen-bond acceptors (Lipinski definition) is 7. The third kappa shape index (κ3) is 2.85. The highest BCUT2D eigenvalue weighted by Crippen LogP contribution is 2.35. The van der Waals surface area contributed by atoms with Crippen molar-refractivity contribution in [2.45, 2.75) is 32.4 Å². The molecule has 0 aliphatic carbocycles. The molecule has 1 unspecified atom stereocenters. The lowest BCUT2D eigenvalue weighted by Gasteiger charge is -2.28. The molecule has 4 aromatic rings. The van der Waals surface area contributed by atoms with Crippen molar-refractivity contribution in [1.82, 2.24) is 29.1 Å². The van der Waals surface area contributed by atoms with E-state index in [4.69, 9.17) is 4.98 Å². The number of nitrogens with zero attached hydrogens (tertiary/aromatic N) is 7. The van der Waals surface area contributed by atoms with Crippen molar-refractivity contribution in [2.75, 3.05) is 18.1 Å². The predicted octanol–water partition coefficient (Wildman–Crippen LogP) is 1.48. The Morgan fingerprint density at radius 1 is 1.24 bits per heavy atom. The molecule has 148 valence electrons. The minimum absolute atomic E-state index is 0.104. The molecule has 1 aliphatic rings. The zero-order chi connectivity index (χ0) is 20.0. The summed E-state index contributed by atoms with van der Waals surface area (Å²) in [6.45, 7) is 2.83. The summed E-state index contributed by atoms with van der Waals surface area (Å²) in [6.07, 6.45) is 3.31. The maximum Gasteiger partial charge on any atom is 0.261 e. The van der Waals surface area contributed by atoms with Gasteiger partial charge in [-0.2, -0.15) is 14.6 Å². The summed E-state index contributed by atoms with van der Waals surface area (Å²) in [5.74, 6) is 2.10. The lowest BCUT2D eigenvalue weighted by Crippen LogP contribution is -2.34. The second-order valence-electron chi connectivity index (χ2n) is 7.25. The van der Waals surface area contributed by atoms with E-state index in [1.54, 1.807) is 15.1 Å². The Balaban J connectivity index is 1.70. The molecule has 0 saturated carbocycles. The highest BCUT2D eigenvalue weighted by molar-refractivity contribution is 5.77. The zero-order valence-electron chi connectivity index (χ0n) is 16.1. The van der Waals surface area contributed by atoms with E-state index in [9.17, 15) is 9.90 Å². The van der Waals surface area contributed by atoms with Crippen molar-refractivity contribution in [3.05, 3.63) is 58.5 Å². The Labute approximate surface area is 166 Å². The number of aliphatic hydroxyl groups excluding tert-OH is 1. The molecule has 1 aromatic carbocycles. The van der Waals surface area contributed by atoms with Gasteiger partial charge in [-0.25, -0.2) is 9.97 Å². The second-order valence-corrected chi connectivity index (χ2v) is 7.25. The third-order valence-corrected chi connectivity index (χ3v) is 5.42. The van der Waals surface area contributed by atoms with E-state index < -0.39 is 0 Å². The average Bonchev–Trinajstić information content (AvgIpc) is 3.39. The van der Waals surface area contributed by atoms with Crippen molar-refractivity contribution in [3.8, 4) is 0 Å². The van der Waals surface area contributed by atoms with Crippen LogP contribution < -0.4 is 10.5 Å². The smallest absolute Gasteiger partial charge is 0.261 e. The first-order chi connectivity index (χ1) is 14.2. The van der Waals surface area contributed by atoms with Crippen LogP contribution in [0.3, 0.4) is 0 Å². The van der Waals surface area contributed by atoms with E-state index in [1.807, 2.05) is 31.2 Å². The fraction of sp³-hybridized carbons (Fsp3) is 0.350. The van der Waals surface area contributed by atoms with E-state index in [2.05, 4.69) is 20.0 Å². The van der Waals surface area contributed by atoms with Crippen molar-refractivity contribution >= 4 is 22.5 Å². The Morgan fingerprint density at radius 2 is 2.10 bits per heavy atom. The van der Waals surface area contributed by atoms with Gasteiger partial charge >= 0.3 is 0 Å². The Bertz CT molecular complexity index is 1260. The molecule has 9 nitrogen and oxygen atoms in total. The van der Waals surface area contributed by atoms with Crippen LogP contribution in [0, 0.1) is 6.92 Å². The summed E-state index contributed by atoms with van der Waals surface area (Å²) in [5.41, 5.74) is 1.40. The average molecular weight is 391 g/mol. The number of aliphatic hydroxyl groups is 1. The van der Waals surface area contributed by atoms with Crippen LogP contribution in [0.25, 0.3) is 16.7 Å². The van der Waals surface area contributed by atoms with E-state index in [0.29, 0.717) is 22.5 Å². The first kappa shape index (κ1) is 17.7. The summed E-state index contributed by atoms with van der Waals surface area (Å²) in [6, 6.07) is 9.22. The van der Waals surface area contributed by atoms with Gasteiger partial charge < -0.3 is 10.0 Å². The highest BCUT2D eigenvalue weighted by atomic mass is 16.3. The van der Waals surface area contributed by atoms with Gasteiger partial charge in [0.15, 0.2) is 0 Å². The number of aryl methyl sites for hydroxylation is 1. The number of fused-ring (bicyclic) bond motifs is 2. The van der Waals surface area contributed by atoms with Gasteiger partial charge in [0.2, 0.25) is 0 Å². The van der Waals surface area contributed by atoms with Gasteiger partial charge in [0, 0.05) is 18.3 Å². The van der Waals surface area contributed by atoms with Gasteiger partial charge in [-0.05, 0) is 31.9 Å². The molecule has 0 amide bonds. The maximum atomic E-state index is 13.1. The fourth-order valence-electron chi connectivity index (χ4n) is 4.18. The molecule has 4 heterocycles. The van der Waals surface area contributed by atoms with Crippen LogP contribution in [-0.2, 0) is 6.54 Å². The standard InChI is InChI=1S/C20H21N7O2/c1-13-11-17(27-20(23-13)21-12-22-27)25-8-4-7-16(25)18-24-15-6-3-2-5-14(15)19(29)26(18)9-10-28/h2-3,5-6,11-12,16,28H,4,7-10H2,1H3. The van der Waals surface area contributed by atoms with Crippen LogP contribution in [0.2, 0.25) is 0 Å². The Morgan fingerprint density at radius 3 is 2.97 bits per heavy atom. The van der Waals surface area contributed by atoms with Crippen LogP contribution in [0.15, 0.2) is 41.5 Å². The number of anilines is 1. The molecule has 1 saturated heterocycles. The van der Waals surface area contributed by atoms with Crippen molar-refractivity contribution in [3.63, 3.8) is 0 Å². The lowest BCUT2D eigenvalue weighted by atomic mass is 10.1. The van der Waals surface area contributed by atoms with E-state index in [1.165, 1.54) is 6.33 Å². The molecule has 1 atom stereocenters. The molecule has 1 N–H and O–H groups in total. The van der Waals surface area contributed by atoms with E-state index in [0.717, 1.165) is 30.9 Å². The highest BCUT2D eigenvalue weighted by Gasteiger charge is 2.32. The van der Waals surface area contributed by atoms with Crippen molar-refractivity contribution in [1.29, 1.82) is 0 Å². The minimum atomic E-state index is -0.124. The third-order valence-electron chi connectivity index (χ3n) is 5.42. The van der Waals surface area contributed by atoms with Crippen LogP contribution in [0.5, 0.6) is 0 Å². The molecule has 5 rings (SSSR count). The molecular formula is C20H21N7O2. The zero-order valence-corrected chi connectivity index (χ0v) is 16.1. The molecule has 9 heteroatoms. The van der Waals surface area contributed by atoms with Crippen LogP contribution in [0.1, 0.15) is 30.4 Å². The van der Waals surface area contributed by atoms with Gasteiger partial charge in [-0.15, -0.1) is 0 Å². The van der Waals surface area contributed by atoms with Crippen LogP contribution in [0.4, 0.5) is 5.82 Å². The summed E-state index contributed by atoms with van der Waals surface area (Å²) < 4.78 is 3.33. The largest absolute Gasteiger partial charge is 0.395 e. The number of hydrogen-bond donors (Lipinski definition) is 1. The molecule has 1 fully saturated rings. The van der Waals surface area contributed by atoms with Gasteiger partial charge in [0.05, 0.1) is 30.1 Å². The molecule has 29 heavy (non-hydrogen) atoms. The molecule has 3 aromatic heterocycles. The second kappa shape index (κ2) is 6.93. The minimum Gasteiger partial charge on any atom is -0.395 e. The number of para-hydroxylation sites is 1. The first-order valence-corrected chi connectivity index (χ1v) is 9.72. The molecule has 0 spiro atoms. The van der Waals surface area contributed by atoms with Gasteiger partial charge in [-0.1, -0.05) is 12.1 Å². The number of rotatable bonds is 4. The quantitative estimate of drug-likeness (QED) is 0.562. The topological polar surface area (TPSA) is 101 Å². The fourth-order valence-corrected chi connectivity index (χ4v) is 4.18. The molecular weight excluding hydrogens is 370 g/mol. The van der Waals surface area contributed by atoms with Gasteiger partial charge in [0.1, 0.15) is 18.0 Å². The van der Waals surface area contributed by atoms with Crippen molar-refractivity contribution < 1.29 is 5.11 Å². The summed E-state index contributed by atoms with van der Waals surface area (Å²) in [5, 5.41) is 14.5. The number of aromatic nitrogens is 6. The monoisotopic (exact) mass is 391 g/mol. The predicted molar refractivity (Wildman–Crippen MR) is 108 cm³/mol. The SMILES string of the molecule is Cc1cc(N2CCCC2c2nc3ccccc3c(=O)n2CCO)n2ncnc2n1. The van der Waals surface area contributed by atoms with Crippen molar-refractivity contribution in [2.24, 2.45) is 0 Å². The normalized spacial score (nSPS) is 16.9. The van der Waals surface area contributed by atoms with Crippen LogP contribution >= 0.6 is 0 Å². The summed E-state index contributed by atoms with van der Waals surface area (Å²) in [4.78, 5) is 28.8. The lowest BCUT2D eigenvalue weighted by molar-refractivity contribution is 0.270. The summed E-state index contributed by atoms with van der Waals surface area (Å²) in [7, 11) is 0. The summed E-state index contributed by atoms with van der Waals surface area (Å²) >= 11 is 0. The molecule has 0 radical (unpaired) electrons. The van der Waals surface area contributed by atoms with E-state index >= 15 is 0 Å². The van der Waals surface area contributed by atoms with Crippen LogP contribution in [-0.4, -0.2) is 47.4 Å². The Kier molecular flexibility index (Phi) is 4.24. The number of benzene rings is 1. The van der Waals surface area contributed by atoms with Gasteiger partial charge in [0.25, 0.3) is 11.3 Å². The first-order valence-electron chi connectivity index (χ1n) is 9.72. The Hall–Kier alpha value is -3.33.